The molecular weight excluding hydrogens is 160 g/mol. The summed E-state index contributed by atoms with van der Waals surface area (Å²) in [5, 5.41) is 0. The van der Waals surface area contributed by atoms with Crippen molar-refractivity contribution in [3.05, 3.63) is 11.5 Å². The third-order valence-corrected chi connectivity index (χ3v) is 1.80. The van der Waals surface area contributed by atoms with Gasteiger partial charge in [-0.05, 0) is 13.8 Å². The van der Waals surface area contributed by atoms with Crippen LogP contribution in [0.1, 0.15) is 13.8 Å². The van der Waals surface area contributed by atoms with Gasteiger partial charge in [0, 0.05) is 0 Å². The van der Waals surface area contributed by atoms with Crippen molar-refractivity contribution < 1.29 is 19.1 Å². The Morgan fingerprint density at radius 2 is 2.00 bits per heavy atom. The van der Waals surface area contributed by atoms with E-state index in [4.69, 9.17) is 9.47 Å². The van der Waals surface area contributed by atoms with Gasteiger partial charge in [0.1, 0.15) is 5.92 Å². The van der Waals surface area contributed by atoms with Gasteiger partial charge in [0.15, 0.2) is 5.78 Å². The monoisotopic (exact) mass is 170 g/mol. The second-order valence-electron chi connectivity index (χ2n) is 2.62. The molecular formula is C8H10O4. The van der Waals surface area contributed by atoms with E-state index in [-0.39, 0.29) is 11.7 Å². The van der Waals surface area contributed by atoms with Crippen LogP contribution in [0.15, 0.2) is 11.5 Å². The molecule has 0 aliphatic carbocycles. The van der Waals surface area contributed by atoms with Crippen molar-refractivity contribution >= 4 is 11.8 Å². The van der Waals surface area contributed by atoms with E-state index >= 15 is 0 Å². The fourth-order valence-electron chi connectivity index (χ4n) is 0.983. The summed E-state index contributed by atoms with van der Waals surface area (Å²) < 4.78 is 9.44. The molecule has 1 aliphatic heterocycles. The van der Waals surface area contributed by atoms with E-state index in [2.05, 4.69) is 0 Å². The topological polar surface area (TPSA) is 52.6 Å². The number of allylic oxidation sites excluding steroid dienone is 1. The van der Waals surface area contributed by atoms with Crippen LogP contribution < -0.4 is 0 Å². The standard InChI is InChI=1S/C8H10O4/c1-4-6(9)5(2)8(11-3)12-7(4)10/h4H,1-3H3. The van der Waals surface area contributed by atoms with Gasteiger partial charge >= 0.3 is 5.97 Å². The molecule has 0 amide bonds. The van der Waals surface area contributed by atoms with Gasteiger partial charge in [-0.3, -0.25) is 9.59 Å². The summed E-state index contributed by atoms with van der Waals surface area (Å²) in [6.45, 7) is 3.09. The number of ether oxygens (including phenoxy) is 2. The van der Waals surface area contributed by atoms with Gasteiger partial charge in [-0.25, -0.2) is 0 Å². The van der Waals surface area contributed by atoms with Gasteiger partial charge in [0.2, 0.25) is 0 Å². The predicted molar refractivity (Wildman–Crippen MR) is 40.0 cm³/mol. The first-order chi connectivity index (χ1) is 5.57. The summed E-state index contributed by atoms with van der Waals surface area (Å²) in [7, 11) is 1.36. The van der Waals surface area contributed by atoms with Crippen molar-refractivity contribution in [1.82, 2.24) is 0 Å². The first-order valence-corrected chi connectivity index (χ1v) is 3.58. The summed E-state index contributed by atoms with van der Waals surface area (Å²) >= 11 is 0. The van der Waals surface area contributed by atoms with Gasteiger partial charge in [0.05, 0.1) is 12.7 Å². The second kappa shape index (κ2) is 2.97. The van der Waals surface area contributed by atoms with Crippen molar-refractivity contribution in [2.24, 2.45) is 5.92 Å². The van der Waals surface area contributed by atoms with E-state index in [1.54, 1.807) is 6.92 Å². The molecule has 1 atom stereocenters. The molecule has 1 heterocycles. The van der Waals surface area contributed by atoms with Crippen LogP contribution in [-0.2, 0) is 19.1 Å². The van der Waals surface area contributed by atoms with Crippen LogP contribution in [0.25, 0.3) is 0 Å². The molecule has 0 radical (unpaired) electrons. The maximum atomic E-state index is 11.3. The summed E-state index contributed by atoms with van der Waals surface area (Å²) in [6.07, 6.45) is 0. The molecule has 1 rings (SSSR count). The quantitative estimate of drug-likeness (QED) is 0.427. The van der Waals surface area contributed by atoms with Crippen LogP contribution in [0.4, 0.5) is 0 Å². The fourth-order valence-corrected chi connectivity index (χ4v) is 0.983. The van der Waals surface area contributed by atoms with Gasteiger partial charge in [0.25, 0.3) is 5.95 Å². The Balaban J connectivity index is 3.03. The summed E-state index contributed by atoms with van der Waals surface area (Å²) in [6, 6.07) is 0. The Labute approximate surface area is 70.1 Å². The van der Waals surface area contributed by atoms with E-state index in [1.165, 1.54) is 14.0 Å². The van der Waals surface area contributed by atoms with E-state index in [9.17, 15) is 9.59 Å². The maximum absolute atomic E-state index is 11.3. The number of Topliss-reactive ketones (excluding diaryl/α,β-unsaturated/α-hetero) is 1. The molecule has 12 heavy (non-hydrogen) atoms. The van der Waals surface area contributed by atoms with E-state index in [0.717, 1.165) is 0 Å². The lowest BCUT2D eigenvalue weighted by Crippen LogP contribution is -2.30. The average Bonchev–Trinajstić information content (AvgIpc) is 2.08. The minimum absolute atomic E-state index is 0.0168. The normalized spacial score (nSPS) is 24.1. The third kappa shape index (κ3) is 1.20. The van der Waals surface area contributed by atoms with Crippen LogP contribution in [0, 0.1) is 5.92 Å². The maximum Gasteiger partial charge on any atom is 0.324 e. The van der Waals surface area contributed by atoms with Crippen molar-refractivity contribution in [2.75, 3.05) is 7.11 Å². The number of hydrogen-bond acceptors (Lipinski definition) is 4. The molecule has 0 aromatic carbocycles. The Morgan fingerprint density at radius 1 is 1.42 bits per heavy atom. The van der Waals surface area contributed by atoms with Crippen molar-refractivity contribution in [3.63, 3.8) is 0 Å². The molecule has 4 nitrogen and oxygen atoms in total. The van der Waals surface area contributed by atoms with Crippen molar-refractivity contribution in [1.29, 1.82) is 0 Å². The van der Waals surface area contributed by atoms with Crippen LogP contribution >= 0.6 is 0 Å². The number of cyclic esters (lactones) is 1. The Kier molecular flexibility index (Phi) is 2.17. The third-order valence-electron chi connectivity index (χ3n) is 1.80. The number of carbonyl (C=O) groups is 2. The lowest BCUT2D eigenvalue weighted by atomic mass is 9.99. The number of hydrogen-bond donors (Lipinski definition) is 0. The number of esters is 1. The fraction of sp³-hybridized carbons (Fsp3) is 0.500. The minimum Gasteiger partial charge on any atom is -0.468 e. The summed E-state index contributed by atoms with van der Waals surface area (Å²) in [4.78, 5) is 22.2. The van der Waals surface area contributed by atoms with E-state index in [0.29, 0.717) is 5.57 Å². The lowest BCUT2D eigenvalue weighted by Gasteiger charge is -2.18. The molecule has 0 bridgehead atoms. The highest BCUT2D eigenvalue weighted by Gasteiger charge is 2.33. The molecule has 0 N–H and O–H groups in total. The van der Waals surface area contributed by atoms with E-state index < -0.39 is 11.9 Å². The molecule has 0 aromatic heterocycles. The van der Waals surface area contributed by atoms with Gasteiger partial charge in [-0.1, -0.05) is 0 Å². The predicted octanol–water partition coefficient (Wildman–Crippen LogP) is 0.626. The van der Waals surface area contributed by atoms with E-state index in [1.807, 2.05) is 0 Å². The molecule has 66 valence electrons. The molecule has 0 saturated carbocycles. The molecule has 0 spiro atoms. The first kappa shape index (κ1) is 8.77. The number of methoxy groups -OCH3 is 1. The number of carbonyl (C=O) groups excluding carboxylic acids is 2. The van der Waals surface area contributed by atoms with Gasteiger partial charge in [-0.15, -0.1) is 0 Å². The highest BCUT2D eigenvalue weighted by atomic mass is 16.7. The van der Waals surface area contributed by atoms with Crippen molar-refractivity contribution in [3.8, 4) is 0 Å². The Bertz CT molecular complexity index is 264. The minimum atomic E-state index is -0.705. The second-order valence-corrected chi connectivity index (χ2v) is 2.62. The first-order valence-electron chi connectivity index (χ1n) is 3.58. The average molecular weight is 170 g/mol. The zero-order valence-electron chi connectivity index (χ0n) is 7.21. The lowest BCUT2D eigenvalue weighted by molar-refractivity contribution is -0.154. The molecule has 0 aromatic rings. The summed E-state index contributed by atoms with van der Waals surface area (Å²) in [5.41, 5.74) is 0.365. The van der Waals surface area contributed by atoms with Crippen LogP contribution in [-0.4, -0.2) is 18.9 Å². The van der Waals surface area contributed by atoms with Gasteiger partial charge in [-0.2, -0.15) is 0 Å². The van der Waals surface area contributed by atoms with Crippen LogP contribution in [0.2, 0.25) is 0 Å². The summed E-state index contributed by atoms with van der Waals surface area (Å²) in [5.74, 6) is -1.47. The Hall–Kier alpha value is -1.32. The highest BCUT2D eigenvalue weighted by Crippen LogP contribution is 2.20. The largest absolute Gasteiger partial charge is 0.468 e. The van der Waals surface area contributed by atoms with Crippen molar-refractivity contribution in [2.45, 2.75) is 13.8 Å². The smallest absolute Gasteiger partial charge is 0.324 e. The molecule has 1 aliphatic rings. The molecule has 0 saturated heterocycles. The van der Waals surface area contributed by atoms with Crippen LogP contribution in [0.3, 0.4) is 0 Å². The zero-order valence-corrected chi connectivity index (χ0v) is 7.21. The number of ketones is 1. The molecule has 1 unspecified atom stereocenters. The highest BCUT2D eigenvalue weighted by molar-refractivity contribution is 6.09. The SMILES string of the molecule is COC1=C(C)C(=O)C(C)C(=O)O1. The Morgan fingerprint density at radius 3 is 2.50 bits per heavy atom. The molecule has 4 heteroatoms. The van der Waals surface area contributed by atoms with Gasteiger partial charge < -0.3 is 9.47 Å². The number of rotatable bonds is 1. The van der Waals surface area contributed by atoms with Crippen LogP contribution in [0.5, 0.6) is 0 Å². The molecule has 0 fully saturated rings. The zero-order chi connectivity index (χ0) is 9.30.